The molecule has 9 heteroatoms. The maximum Gasteiger partial charge on any atom is 0.408 e. The summed E-state index contributed by atoms with van der Waals surface area (Å²) < 4.78 is 19.9. The van der Waals surface area contributed by atoms with Crippen LogP contribution in [0.5, 0.6) is 0 Å². The number of halogens is 1. The lowest BCUT2D eigenvalue weighted by atomic mass is 10.1. The highest BCUT2D eigenvalue weighted by Crippen LogP contribution is 2.39. The number of hydrogen-bond donors (Lipinski definition) is 1. The Morgan fingerprint density at radius 2 is 1.27 bits per heavy atom. The van der Waals surface area contributed by atoms with Crippen molar-refractivity contribution in [2.75, 3.05) is 6.61 Å². The zero-order valence-corrected chi connectivity index (χ0v) is 33.3. The first-order valence-corrected chi connectivity index (χ1v) is 21.8. The smallest absolute Gasteiger partial charge is 0.408 e. The van der Waals surface area contributed by atoms with E-state index in [-0.39, 0.29) is 17.4 Å². The second-order valence-corrected chi connectivity index (χ2v) is 25.3. The first-order valence-electron chi connectivity index (χ1n) is 16.6. The van der Waals surface area contributed by atoms with Crippen molar-refractivity contribution in [1.82, 2.24) is 5.32 Å². The zero-order chi connectivity index (χ0) is 36.0. The van der Waals surface area contributed by atoms with Crippen LogP contribution in [0.1, 0.15) is 67.9 Å². The molecule has 0 unspecified atom stereocenters. The second kappa shape index (κ2) is 15.7. The molecular weight excluding hydrogens is 654 g/mol. The van der Waals surface area contributed by atoms with Gasteiger partial charge in [-0.05, 0) is 78.1 Å². The highest BCUT2D eigenvalue weighted by atomic mass is 35.5. The van der Waals surface area contributed by atoms with Crippen LogP contribution in [0.15, 0.2) is 91.0 Å². The Morgan fingerprint density at radius 3 is 1.71 bits per heavy atom. The molecule has 3 aromatic carbocycles. The van der Waals surface area contributed by atoms with E-state index in [0.717, 1.165) is 15.9 Å². The zero-order valence-electron chi connectivity index (χ0n) is 30.5. The quantitative estimate of drug-likeness (QED) is 0.151. The predicted molar refractivity (Wildman–Crippen MR) is 204 cm³/mol. The minimum atomic E-state index is -3.27. The van der Waals surface area contributed by atoms with Crippen molar-refractivity contribution < 1.29 is 23.2 Å². The average Bonchev–Trinajstić information content (AvgIpc) is 2.98. The number of rotatable bonds is 12. The first kappa shape index (κ1) is 39.4. The topological polar surface area (TPSA) is 73.9 Å². The molecule has 6 nitrogen and oxygen atoms in total. The van der Waals surface area contributed by atoms with Crippen molar-refractivity contribution in [3.05, 3.63) is 102 Å². The van der Waals surface area contributed by atoms with E-state index in [0.29, 0.717) is 5.02 Å². The van der Waals surface area contributed by atoms with Gasteiger partial charge in [-0.15, -0.1) is 0 Å². The summed E-state index contributed by atoms with van der Waals surface area (Å²) in [6, 6.07) is 26.7. The molecule has 0 bridgehead atoms. The van der Waals surface area contributed by atoms with Crippen molar-refractivity contribution >= 4 is 56.6 Å². The van der Waals surface area contributed by atoms with Crippen molar-refractivity contribution in [2.24, 2.45) is 0 Å². The van der Waals surface area contributed by atoms with Crippen LogP contribution in [0.2, 0.25) is 28.2 Å². The monoisotopic (exact) mass is 707 g/mol. The second-order valence-electron chi connectivity index (χ2n) is 15.8. The molecule has 1 amide bonds. The van der Waals surface area contributed by atoms with E-state index in [9.17, 15) is 9.59 Å². The number of benzene rings is 3. The molecule has 0 aliphatic carbocycles. The SMILES string of the molecule is CC(C)(C)OC(=O)N[C@H](CO[Si](C)(C)C(C)(C)C)[C@@H](O[Si](c1ccccc1)(c1ccccc1)C(C)(C)C)C(=O)C=Cc1ccc(Cl)cc1. The van der Waals surface area contributed by atoms with Gasteiger partial charge in [-0.25, -0.2) is 4.79 Å². The Labute approximate surface area is 295 Å². The number of hydrogen-bond acceptors (Lipinski definition) is 5. The molecule has 0 spiro atoms. The highest BCUT2D eigenvalue weighted by Gasteiger charge is 2.53. The summed E-state index contributed by atoms with van der Waals surface area (Å²) in [6.07, 6.45) is 1.52. The van der Waals surface area contributed by atoms with E-state index in [1.807, 2.05) is 69.3 Å². The number of alkyl carbamates (subject to hydrolysis) is 1. The fourth-order valence-electron chi connectivity index (χ4n) is 5.25. The lowest BCUT2D eigenvalue weighted by molar-refractivity contribution is -0.123. The molecule has 260 valence electrons. The van der Waals surface area contributed by atoms with E-state index in [1.165, 1.54) is 6.08 Å². The fraction of sp³-hybridized carbons (Fsp3) is 0.436. The van der Waals surface area contributed by atoms with E-state index < -0.39 is 45.5 Å². The molecule has 0 heterocycles. The van der Waals surface area contributed by atoms with Gasteiger partial charge in [-0.2, -0.15) is 0 Å². The molecule has 0 aromatic heterocycles. The van der Waals surface area contributed by atoms with Crippen LogP contribution in [0.4, 0.5) is 4.79 Å². The maximum atomic E-state index is 14.6. The van der Waals surface area contributed by atoms with Crippen molar-refractivity contribution in [3.63, 3.8) is 0 Å². The Hall–Kier alpha value is -3.02. The third-order valence-electron chi connectivity index (χ3n) is 8.81. The summed E-state index contributed by atoms with van der Waals surface area (Å²) in [4.78, 5) is 28.1. The van der Waals surface area contributed by atoms with E-state index in [4.69, 9.17) is 25.2 Å². The van der Waals surface area contributed by atoms with Gasteiger partial charge < -0.3 is 18.9 Å². The molecule has 0 radical (unpaired) electrons. The lowest BCUT2D eigenvalue weighted by Gasteiger charge is -2.46. The molecule has 0 aliphatic rings. The highest BCUT2D eigenvalue weighted by molar-refractivity contribution is 6.99. The van der Waals surface area contributed by atoms with Gasteiger partial charge in [0, 0.05) is 5.02 Å². The third kappa shape index (κ3) is 10.2. The fourth-order valence-corrected chi connectivity index (χ4v) is 11.1. The number of amides is 1. The van der Waals surface area contributed by atoms with Gasteiger partial charge in [-0.3, -0.25) is 4.79 Å². The molecule has 0 fully saturated rings. The van der Waals surface area contributed by atoms with Gasteiger partial charge in [-0.1, -0.05) is 132 Å². The standard InChI is InChI=1S/C39H54ClNO5Si2/c1-37(2,3)45-36(43)41-33(28-44-47(10,11)38(4,5)6)35(34(42)27-24-29-22-25-30(40)26-23-29)46-48(39(7,8)9,31-18-14-12-15-19-31)32-20-16-13-17-21-32/h12-27,33,35H,28H2,1-11H3,(H,41,43)/t33-,35-/m1/s1. The van der Waals surface area contributed by atoms with Crippen molar-refractivity contribution in [3.8, 4) is 0 Å². The molecular formula is C39H54ClNO5Si2. The minimum Gasteiger partial charge on any atom is -0.444 e. The maximum absolute atomic E-state index is 14.6. The normalized spacial score (nSPS) is 14.4. The lowest BCUT2D eigenvalue weighted by Crippen LogP contribution is -2.70. The number of ether oxygens (including phenoxy) is 1. The number of carbonyl (C=O) groups is 2. The Kier molecular flexibility index (Phi) is 12.9. The summed E-state index contributed by atoms with van der Waals surface area (Å²) >= 11 is 6.13. The van der Waals surface area contributed by atoms with Crippen LogP contribution in [0.3, 0.4) is 0 Å². The van der Waals surface area contributed by atoms with Crippen LogP contribution in [0, 0.1) is 0 Å². The average molecular weight is 708 g/mol. The third-order valence-corrected chi connectivity index (χ3v) is 18.6. The number of carbonyl (C=O) groups excluding carboxylic acids is 2. The van der Waals surface area contributed by atoms with Crippen molar-refractivity contribution in [1.29, 1.82) is 0 Å². The molecule has 3 rings (SSSR count). The minimum absolute atomic E-state index is 0.0686. The number of ketones is 1. The number of nitrogens with one attached hydrogen (secondary N) is 1. The summed E-state index contributed by atoms with van der Waals surface area (Å²) in [5.41, 5.74) is 0.0630. The van der Waals surface area contributed by atoms with Gasteiger partial charge in [0.25, 0.3) is 8.32 Å². The Bertz CT molecular complexity index is 1480. The molecule has 48 heavy (non-hydrogen) atoms. The molecule has 3 aromatic rings. The van der Waals surface area contributed by atoms with Crippen LogP contribution >= 0.6 is 11.6 Å². The summed E-state index contributed by atoms with van der Waals surface area (Å²) in [6.45, 7) is 22.8. The van der Waals surface area contributed by atoms with Crippen LogP contribution in [-0.2, 0) is 18.4 Å². The van der Waals surface area contributed by atoms with Crippen LogP contribution < -0.4 is 15.7 Å². The molecule has 0 saturated carbocycles. The summed E-state index contributed by atoms with van der Waals surface area (Å²) in [5, 5.41) is 5.14. The van der Waals surface area contributed by atoms with Gasteiger partial charge >= 0.3 is 6.09 Å². The van der Waals surface area contributed by atoms with Gasteiger partial charge in [0.1, 0.15) is 11.7 Å². The molecule has 1 N–H and O–H groups in total. The summed E-state index contributed by atoms with van der Waals surface area (Å²) in [5.74, 6) is -0.294. The summed E-state index contributed by atoms with van der Waals surface area (Å²) in [7, 11) is -5.60. The van der Waals surface area contributed by atoms with Crippen LogP contribution in [-0.4, -0.2) is 52.9 Å². The molecule has 0 saturated heterocycles. The Balaban J connectivity index is 2.27. The van der Waals surface area contributed by atoms with E-state index in [1.54, 1.807) is 18.2 Å². The van der Waals surface area contributed by atoms with Gasteiger partial charge in [0.05, 0.1) is 12.6 Å². The first-order chi connectivity index (χ1) is 22.2. The predicted octanol–water partition coefficient (Wildman–Crippen LogP) is 8.78. The van der Waals surface area contributed by atoms with E-state index in [2.05, 4.69) is 84.2 Å². The van der Waals surface area contributed by atoms with Crippen molar-refractivity contribution in [2.45, 2.75) is 103 Å². The Morgan fingerprint density at radius 1 is 0.771 bits per heavy atom. The van der Waals surface area contributed by atoms with E-state index >= 15 is 0 Å². The van der Waals surface area contributed by atoms with Gasteiger partial charge in [0.15, 0.2) is 14.1 Å². The molecule has 0 aliphatic heterocycles. The molecule has 2 atom stereocenters. The van der Waals surface area contributed by atoms with Gasteiger partial charge in [0.2, 0.25) is 0 Å². The van der Waals surface area contributed by atoms with Crippen LogP contribution in [0.25, 0.3) is 6.08 Å². The largest absolute Gasteiger partial charge is 0.444 e.